The fourth-order valence-corrected chi connectivity index (χ4v) is 5.26. The van der Waals surface area contributed by atoms with E-state index < -0.39 is 0 Å². The van der Waals surface area contributed by atoms with Gasteiger partial charge in [0, 0.05) is 5.92 Å². The molecule has 2 heterocycles. The minimum Gasteiger partial charge on any atom is -0.457 e. The van der Waals surface area contributed by atoms with Crippen LogP contribution in [0.3, 0.4) is 0 Å². The first kappa shape index (κ1) is 21.7. The predicted octanol–water partition coefficient (Wildman–Crippen LogP) is 6.41. The van der Waals surface area contributed by atoms with Gasteiger partial charge in [0.1, 0.15) is 6.10 Å². The van der Waals surface area contributed by atoms with Gasteiger partial charge in [-0.3, -0.25) is 4.79 Å². The third-order valence-corrected chi connectivity index (χ3v) is 6.86. The Kier molecular flexibility index (Phi) is 6.68. The lowest BCUT2D eigenvalue weighted by Crippen LogP contribution is -2.48. The van der Waals surface area contributed by atoms with Gasteiger partial charge < -0.3 is 9.47 Å². The molecule has 0 saturated carbocycles. The summed E-state index contributed by atoms with van der Waals surface area (Å²) in [6.45, 7) is 0. The highest BCUT2D eigenvalue weighted by molar-refractivity contribution is 5.71. The molecule has 2 saturated heterocycles. The average molecular weight is 439 g/mol. The Morgan fingerprint density at radius 1 is 0.848 bits per heavy atom. The van der Waals surface area contributed by atoms with Gasteiger partial charge in [-0.1, -0.05) is 103 Å². The number of cyclic esters (lactones) is 1. The Bertz CT molecular complexity index is 1060. The minimum atomic E-state index is -0.280. The van der Waals surface area contributed by atoms with Gasteiger partial charge >= 0.3 is 5.97 Å². The van der Waals surface area contributed by atoms with Crippen molar-refractivity contribution in [2.45, 2.75) is 44.0 Å². The lowest BCUT2D eigenvalue weighted by atomic mass is 9.72. The molecule has 2 fully saturated rings. The third kappa shape index (κ3) is 5.26. The Balaban J connectivity index is 1.41. The number of hydrogen-bond donors (Lipinski definition) is 0. The molecule has 0 N–H and O–H groups in total. The number of allylic oxidation sites excluding steroid dienone is 1. The molecule has 2 aliphatic rings. The number of benzene rings is 3. The molecule has 0 amide bonds. The van der Waals surface area contributed by atoms with Crippen molar-refractivity contribution in [3.63, 3.8) is 0 Å². The monoisotopic (exact) mass is 438 g/mol. The Morgan fingerprint density at radius 3 is 2.24 bits per heavy atom. The lowest BCUT2D eigenvalue weighted by Gasteiger charge is -2.47. The van der Waals surface area contributed by atoms with Gasteiger partial charge in [0.05, 0.1) is 18.6 Å². The van der Waals surface area contributed by atoms with E-state index in [2.05, 4.69) is 72.8 Å². The average Bonchev–Trinajstić information content (AvgIpc) is 2.87. The van der Waals surface area contributed by atoms with Crippen LogP contribution in [0.15, 0.2) is 97.1 Å². The van der Waals surface area contributed by atoms with Crippen molar-refractivity contribution in [2.75, 3.05) is 0 Å². The van der Waals surface area contributed by atoms with Crippen molar-refractivity contribution in [2.24, 2.45) is 11.8 Å². The van der Waals surface area contributed by atoms with E-state index in [0.29, 0.717) is 6.42 Å². The van der Waals surface area contributed by atoms with E-state index in [1.807, 2.05) is 30.3 Å². The second-order valence-corrected chi connectivity index (χ2v) is 9.09. The highest BCUT2D eigenvalue weighted by Gasteiger charge is 2.47. The zero-order chi connectivity index (χ0) is 22.5. The topological polar surface area (TPSA) is 35.5 Å². The largest absolute Gasteiger partial charge is 0.457 e. The zero-order valence-corrected chi connectivity index (χ0v) is 18.8. The third-order valence-electron chi connectivity index (χ3n) is 6.86. The Labute approximate surface area is 196 Å². The van der Waals surface area contributed by atoms with Crippen molar-refractivity contribution in [1.29, 1.82) is 0 Å². The van der Waals surface area contributed by atoms with E-state index in [1.165, 1.54) is 11.1 Å². The van der Waals surface area contributed by atoms with E-state index in [1.54, 1.807) is 0 Å². The van der Waals surface area contributed by atoms with Crippen molar-refractivity contribution >= 4 is 12.0 Å². The summed E-state index contributed by atoms with van der Waals surface area (Å²) < 4.78 is 12.5. The van der Waals surface area contributed by atoms with E-state index in [9.17, 15) is 4.79 Å². The highest BCUT2D eigenvalue weighted by Crippen LogP contribution is 2.46. The van der Waals surface area contributed by atoms with Gasteiger partial charge in [-0.2, -0.15) is 0 Å². The van der Waals surface area contributed by atoms with Crippen molar-refractivity contribution in [3.05, 3.63) is 114 Å². The Hall–Kier alpha value is -3.17. The number of aryl methyl sites for hydroxylation is 1. The summed E-state index contributed by atoms with van der Waals surface area (Å²) in [4.78, 5) is 12.6. The summed E-state index contributed by atoms with van der Waals surface area (Å²) in [6.07, 6.45) is 7.43. The molecule has 5 atom stereocenters. The molecule has 5 rings (SSSR count). The lowest BCUT2D eigenvalue weighted by molar-refractivity contribution is -0.197. The summed E-state index contributed by atoms with van der Waals surface area (Å²) in [6, 6.07) is 31.1. The van der Waals surface area contributed by atoms with E-state index in [-0.39, 0.29) is 36.1 Å². The fraction of sp³-hybridized carbons (Fsp3) is 0.300. The second-order valence-electron chi connectivity index (χ2n) is 9.09. The maximum Gasteiger partial charge on any atom is 0.309 e. The summed E-state index contributed by atoms with van der Waals surface area (Å²) in [5, 5.41) is 0. The fourth-order valence-electron chi connectivity index (χ4n) is 5.26. The summed E-state index contributed by atoms with van der Waals surface area (Å²) >= 11 is 0. The predicted molar refractivity (Wildman–Crippen MR) is 130 cm³/mol. The molecule has 0 radical (unpaired) electrons. The molecule has 0 aromatic heterocycles. The first-order valence-corrected chi connectivity index (χ1v) is 11.9. The molecular weight excluding hydrogens is 408 g/mol. The van der Waals surface area contributed by atoms with E-state index >= 15 is 0 Å². The molecule has 0 spiro atoms. The van der Waals surface area contributed by atoms with Crippen molar-refractivity contribution in [1.82, 2.24) is 0 Å². The standard InChI is InChI=1S/C30H30O3/c31-28-21-27-29(30(33-28)24-14-8-3-9-15-24)25(18-16-22-10-4-1-5-11-22)20-26(32-27)19-17-23-12-6-2-7-13-23/h1-16,18,25-27,29-30H,17,19-21H2/b18-16+/t25-,26+,27-,29+,30-/m1/s1. The molecule has 2 aliphatic heterocycles. The van der Waals surface area contributed by atoms with Crippen LogP contribution in [-0.2, 0) is 20.7 Å². The van der Waals surface area contributed by atoms with Crippen LogP contribution in [0.1, 0.15) is 42.1 Å². The molecule has 168 valence electrons. The number of rotatable bonds is 6. The van der Waals surface area contributed by atoms with Crippen molar-refractivity contribution < 1.29 is 14.3 Å². The number of carbonyl (C=O) groups is 1. The molecular formula is C30H30O3. The van der Waals surface area contributed by atoms with Gasteiger partial charge in [-0.15, -0.1) is 0 Å². The maximum absolute atomic E-state index is 12.6. The normalized spacial score (nSPS) is 27.2. The van der Waals surface area contributed by atoms with Crippen LogP contribution in [0.5, 0.6) is 0 Å². The van der Waals surface area contributed by atoms with Crippen LogP contribution in [0, 0.1) is 11.8 Å². The second kappa shape index (κ2) is 10.2. The molecule has 0 aliphatic carbocycles. The van der Waals surface area contributed by atoms with E-state index in [0.717, 1.165) is 24.8 Å². The maximum atomic E-state index is 12.6. The molecule has 3 heteroatoms. The van der Waals surface area contributed by atoms with Crippen molar-refractivity contribution in [3.8, 4) is 0 Å². The van der Waals surface area contributed by atoms with Gasteiger partial charge in [0.2, 0.25) is 0 Å². The van der Waals surface area contributed by atoms with E-state index in [4.69, 9.17) is 9.47 Å². The number of fused-ring (bicyclic) bond motifs is 1. The molecule has 3 aromatic carbocycles. The van der Waals surface area contributed by atoms with Crippen LogP contribution in [-0.4, -0.2) is 18.2 Å². The summed E-state index contributed by atoms with van der Waals surface area (Å²) in [7, 11) is 0. The smallest absolute Gasteiger partial charge is 0.309 e. The van der Waals surface area contributed by atoms with Crippen LogP contribution in [0.2, 0.25) is 0 Å². The quantitative estimate of drug-likeness (QED) is 0.417. The van der Waals surface area contributed by atoms with Crippen LogP contribution >= 0.6 is 0 Å². The molecule has 3 aromatic rings. The first-order valence-electron chi connectivity index (χ1n) is 11.9. The minimum absolute atomic E-state index is 0.109. The summed E-state index contributed by atoms with van der Waals surface area (Å²) in [5.74, 6) is 0.209. The highest BCUT2D eigenvalue weighted by atomic mass is 16.6. The summed E-state index contributed by atoms with van der Waals surface area (Å²) in [5.41, 5.74) is 3.56. The van der Waals surface area contributed by atoms with Gasteiger partial charge in [0.25, 0.3) is 0 Å². The Morgan fingerprint density at radius 2 is 1.52 bits per heavy atom. The van der Waals surface area contributed by atoms with Crippen LogP contribution < -0.4 is 0 Å². The SMILES string of the molecule is O=C1C[C@H]2O[C@@H](CCc3ccccc3)C[C@@H](/C=C/c3ccccc3)[C@@H]2[C@@H](c2ccccc2)O1. The zero-order valence-electron chi connectivity index (χ0n) is 18.8. The van der Waals surface area contributed by atoms with Crippen LogP contribution in [0.25, 0.3) is 6.08 Å². The number of carbonyl (C=O) groups excluding carboxylic acids is 1. The van der Waals surface area contributed by atoms with Gasteiger partial charge in [-0.25, -0.2) is 0 Å². The van der Waals surface area contributed by atoms with Gasteiger partial charge in [0.15, 0.2) is 0 Å². The number of esters is 1. The molecule has 0 bridgehead atoms. The first-order chi connectivity index (χ1) is 16.3. The number of hydrogen-bond acceptors (Lipinski definition) is 3. The molecule has 3 nitrogen and oxygen atoms in total. The van der Waals surface area contributed by atoms with Crippen LogP contribution in [0.4, 0.5) is 0 Å². The number of ether oxygens (including phenoxy) is 2. The van der Waals surface area contributed by atoms with Gasteiger partial charge in [-0.05, 0) is 41.9 Å². The molecule has 33 heavy (non-hydrogen) atoms. The molecule has 0 unspecified atom stereocenters.